The molecule has 0 aliphatic carbocycles. The van der Waals surface area contributed by atoms with E-state index in [4.69, 9.17) is 5.73 Å². The van der Waals surface area contributed by atoms with Gasteiger partial charge in [0, 0.05) is 13.6 Å². The highest BCUT2D eigenvalue weighted by Crippen LogP contribution is 2.34. The van der Waals surface area contributed by atoms with E-state index in [-0.39, 0.29) is 38.7 Å². The summed E-state index contributed by atoms with van der Waals surface area (Å²) in [6, 6.07) is 5.73. The van der Waals surface area contributed by atoms with E-state index in [0.717, 1.165) is 15.9 Å². The second kappa shape index (κ2) is 8.58. The average Bonchev–Trinajstić information content (AvgIpc) is 3.15. The fourth-order valence-electron chi connectivity index (χ4n) is 3.29. The molecule has 0 radical (unpaired) electrons. The number of carbonyl (C=O) groups excluding carboxylic acids is 1. The molecule has 2 N–H and O–H groups in total. The highest BCUT2D eigenvalue weighted by atomic mass is 32.1. The van der Waals surface area contributed by atoms with Crippen LogP contribution >= 0.6 is 11.3 Å². The lowest BCUT2D eigenvalue weighted by molar-refractivity contribution is 0.103. The molecule has 0 amide bonds. The fourth-order valence-corrected chi connectivity index (χ4v) is 4.51. The molecule has 164 valence electrons. The van der Waals surface area contributed by atoms with Gasteiger partial charge in [-0.3, -0.25) is 18.7 Å². The van der Waals surface area contributed by atoms with E-state index in [2.05, 4.69) is 4.98 Å². The number of hydrogen-bond donors (Lipinski definition) is 1. The summed E-state index contributed by atoms with van der Waals surface area (Å²) in [5, 5.41) is 0.235. The summed E-state index contributed by atoms with van der Waals surface area (Å²) >= 11 is 0.987. The molecule has 0 bridgehead atoms. The van der Waals surface area contributed by atoms with Gasteiger partial charge in [-0.15, -0.1) is 11.3 Å². The lowest BCUT2D eigenvalue weighted by Gasteiger charge is -2.15. The van der Waals surface area contributed by atoms with Gasteiger partial charge in [0.1, 0.15) is 22.2 Å². The third-order valence-corrected chi connectivity index (χ3v) is 5.96. The average molecular weight is 445 g/mol. The number of nitrogens with two attached hydrogens (primary N) is 1. The first-order chi connectivity index (χ1) is 14.5. The van der Waals surface area contributed by atoms with Gasteiger partial charge in [0.05, 0.1) is 16.1 Å². The van der Waals surface area contributed by atoms with E-state index in [9.17, 15) is 18.8 Å². The zero-order valence-electron chi connectivity index (χ0n) is 18.1. The van der Waals surface area contributed by atoms with Gasteiger partial charge in [-0.05, 0) is 24.0 Å². The molecule has 9 heteroatoms. The molecular weight excluding hydrogens is 419 g/mol. The summed E-state index contributed by atoms with van der Waals surface area (Å²) in [7, 11) is 1.38. The fraction of sp³-hybridized carbons (Fsp3) is 0.364. The molecular formula is C22H25FN4O3S. The Morgan fingerprint density at radius 1 is 1.19 bits per heavy atom. The van der Waals surface area contributed by atoms with Crippen molar-refractivity contribution in [1.29, 1.82) is 0 Å². The summed E-state index contributed by atoms with van der Waals surface area (Å²) in [6.07, 6.45) is 0. The topological polar surface area (TPSA) is 100.0 Å². The monoisotopic (exact) mass is 444 g/mol. The number of rotatable bonds is 6. The molecule has 0 saturated heterocycles. The summed E-state index contributed by atoms with van der Waals surface area (Å²) in [5.41, 5.74) is 5.62. The standard InChI is InChI=1S/C22H25FN4O3S/c1-11(2)10-27-19(24)15(21(29)26(5)22(27)30)20-25-16(12(3)4)18(31-20)17(28)13-8-6-7-9-14(13)23/h6-9,11-12H,10,24H2,1-5H3. The lowest BCUT2D eigenvalue weighted by Crippen LogP contribution is -2.41. The van der Waals surface area contributed by atoms with Crippen molar-refractivity contribution < 1.29 is 9.18 Å². The van der Waals surface area contributed by atoms with Crippen LogP contribution in [0.1, 0.15) is 54.5 Å². The molecule has 0 saturated carbocycles. The van der Waals surface area contributed by atoms with Gasteiger partial charge in [0.25, 0.3) is 5.56 Å². The third kappa shape index (κ3) is 4.10. The van der Waals surface area contributed by atoms with E-state index in [1.807, 2.05) is 27.7 Å². The second-order valence-electron chi connectivity index (χ2n) is 8.11. The van der Waals surface area contributed by atoms with Crippen LogP contribution < -0.4 is 17.0 Å². The molecule has 2 heterocycles. The van der Waals surface area contributed by atoms with Crippen LogP contribution in [0, 0.1) is 11.7 Å². The molecule has 0 atom stereocenters. The van der Waals surface area contributed by atoms with Crippen LogP contribution in [0.2, 0.25) is 0 Å². The van der Waals surface area contributed by atoms with Crippen LogP contribution in [-0.4, -0.2) is 19.9 Å². The quantitative estimate of drug-likeness (QED) is 0.588. The summed E-state index contributed by atoms with van der Waals surface area (Å²) in [4.78, 5) is 43.4. The van der Waals surface area contributed by atoms with Crippen LogP contribution in [0.3, 0.4) is 0 Å². The van der Waals surface area contributed by atoms with Gasteiger partial charge < -0.3 is 5.73 Å². The van der Waals surface area contributed by atoms with Crippen molar-refractivity contribution in [2.24, 2.45) is 13.0 Å². The van der Waals surface area contributed by atoms with Crippen LogP contribution in [0.5, 0.6) is 0 Å². The van der Waals surface area contributed by atoms with E-state index >= 15 is 0 Å². The van der Waals surface area contributed by atoms with Gasteiger partial charge in [-0.2, -0.15) is 0 Å². The Labute approximate surface area is 183 Å². The molecule has 7 nitrogen and oxygen atoms in total. The Hall–Kier alpha value is -3.07. The van der Waals surface area contributed by atoms with Crippen LogP contribution in [-0.2, 0) is 13.6 Å². The minimum atomic E-state index is -0.627. The van der Waals surface area contributed by atoms with Gasteiger partial charge in [0.15, 0.2) is 0 Å². The van der Waals surface area contributed by atoms with Gasteiger partial charge in [-0.25, -0.2) is 14.2 Å². The van der Waals surface area contributed by atoms with Gasteiger partial charge in [0.2, 0.25) is 5.78 Å². The van der Waals surface area contributed by atoms with Gasteiger partial charge in [-0.1, -0.05) is 39.8 Å². The molecule has 2 aromatic heterocycles. The molecule has 0 unspecified atom stereocenters. The molecule has 3 aromatic rings. The van der Waals surface area contributed by atoms with Gasteiger partial charge >= 0.3 is 5.69 Å². The lowest BCUT2D eigenvalue weighted by atomic mass is 10.0. The number of aromatic nitrogens is 3. The maximum atomic E-state index is 14.2. The first-order valence-electron chi connectivity index (χ1n) is 9.94. The minimum absolute atomic E-state index is 0.00995. The number of hydrogen-bond acceptors (Lipinski definition) is 6. The van der Waals surface area contributed by atoms with E-state index < -0.39 is 22.8 Å². The predicted octanol–water partition coefficient (Wildman–Crippen LogP) is 3.40. The third-order valence-electron chi connectivity index (χ3n) is 4.87. The molecule has 0 aliphatic heterocycles. The Bertz CT molecular complexity index is 1270. The molecule has 3 rings (SSSR count). The largest absolute Gasteiger partial charge is 0.384 e. The predicted molar refractivity (Wildman–Crippen MR) is 120 cm³/mol. The number of ketones is 1. The zero-order valence-corrected chi connectivity index (χ0v) is 18.9. The normalized spacial score (nSPS) is 11.5. The number of nitrogens with zero attached hydrogens (tertiary/aromatic N) is 3. The highest BCUT2D eigenvalue weighted by molar-refractivity contribution is 7.17. The van der Waals surface area contributed by atoms with Crippen LogP contribution in [0.15, 0.2) is 33.9 Å². The van der Waals surface area contributed by atoms with Crippen molar-refractivity contribution in [3.05, 3.63) is 67.1 Å². The number of anilines is 1. The smallest absolute Gasteiger partial charge is 0.332 e. The highest BCUT2D eigenvalue weighted by Gasteiger charge is 2.27. The maximum absolute atomic E-state index is 14.2. The first-order valence-corrected chi connectivity index (χ1v) is 10.8. The number of carbonyl (C=O) groups is 1. The molecule has 31 heavy (non-hydrogen) atoms. The molecule has 0 aliphatic rings. The Balaban J connectivity index is 2.27. The second-order valence-corrected chi connectivity index (χ2v) is 9.11. The van der Waals surface area contributed by atoms with E-state index in [1.165, 1.54) is 29.8 Å². The Morgan fingerprint density at radius 3 is 2.42 bits per heavy atom. The van der Waals surface area contributed by atoms with Crippen LogP contribution in [0.25, 0.3) is 10.6 Å². The van der Waals surface area contributed by atoms with E-state index in [0.29, 0.717) is 12.2 Å². The Morgan fingerprint density at radius 2 is 1.84 bits per heavy atom. The SMILES string of the molecule is CC(C)Cn1c(N)c(-c2nc(C(C)C)c(C(=O)c3ccccc3F)s2)c(=O)n(C)c1=O. The van der Waals surface area contributed by atoms with Crippen LogP contribution in [0.4, 0.5) is 10.2 Å². The van der Waals surface area contributed by atoms with Crippen molar-refractivity contribution in [2.75, 3.05) is 5.73 Å². The number of benzene rings is 1. The molecule has 0 spiro atoms. The number of halogens is 1. The summed E-state index contributed by atoms with van der Waals surface area (Å²) in [5.74, 6) is -1.15. The molecule has 1 aromatic carbocycles. The number of nitrogen functional groups attached to an aromatic ring is 1. The minimum Gasteiger partial charge on any atom is -0.384 e. The van der Waals surface area contributed by atoms with Crippen molar-refractivity contribution in [2.45, 2.75) is 40.2 Å². The maximum Gasteiger partial charge on any atom is 0.332 e. The van der Waals surface area contributed by atoms with Crippen molar-refractivity contribution in [1.82, 2.24) is 14.1 Å². The van der Waals surface area contributed by atoms with Crippen molar-refractivity contribution >= 4 is 22.9 Å². The van der Waals surface area contributed by atoms with E-state index in [1.54, 1.807) is 6.07 Å². The summed E-state index contributed by atoms with van der Waals surface area (Å²) in [6.45, 7) is 7.91. The summed E-state index contributed by atoms with van der Waals surface area (Å²) < 4.78 is 16.6. The van der Waals surface area contributed by atoms with Crippen molar-refractivity contribution in [3.63, 3.8) is 0 Å². The molecule has 0 fully saturated rings. The van der Waals surface area contributed by atoms with Crippen molar-refractivity contribution in [3.8, 4) is 10.6 Å². The number of thiazole rings is 1. The first kappa shape index (κ1) is 22.6. The zero-order chi connectivity index (χ0) is 23.0. The Kier molecular flexibility index (Phi) is 6.26.